The lowest BCUT2D eigenvalue weighted by Crippen LogP contribution is -2.14. The number of hydrogen-bond donors (Lipinski definition) is 1. The van der Waals surface area contributed by atoms with Gasteiger partial charge in [-0.05, 0) is 11.6 Å². The smallest absolute Gasteiger partial charge is 0.416 e. The Hall–Kier alpha value is -1.85. The van der Waals surface area contributed by atoms with Gasteiger partial charge in [0, 0.05) is 0 Å². The van der Waals surface area contributed by atoms with Crippen LogP contribution in [0.1, 0.15) is 17.0 Å². The third-order valence-electron chi connectivity index (χ3n) is 1.91. The first-order chi connectivity index (χ1) is 7.36. The van der Waals surface area contributed by atoms with E-state index in [2.05, 4.69) is 0 Å². The van der Waals surface area contributed by atoms with Crippen molar-refractivity contribution in [2.45, 2.75) is 12.1 Å². The highest BCUT2D eigenvalue weighted by atomic mass is 19.4. The highest BCUT2D eigenvalue weighted by Gasteiger charge is 2.31. The lowest BCUT2D eigenvalue weighted by molar-refractivity contribution is -0.139. The monoisotopic (exact) mass is 231 g/mol. The standard InChI is InChI=1S/C10H6F3O3/c11-10(12,13)7-3-1-2-6(4-7)8(5-14)9(15)16/h1-4,8H,(H,15,16). The van der Waals surface area contributed by atoms with Gasteiger partial charge >= 0.3 is 12.1 Å². The molecule has 0 aliphatic carbocycles. The van der Waals surface area contributed by atoms with Crippen molar-refractivity contribution in [1.82, 2.24) is 0 Å². The van der Waals surface area contributed by atoms with Crippen LogP contribution in [0.4, 0.5) is 13.2 Å². The molecule has 0 amide bonds. The first-order valence-corrected chi connectivity index (χ1v) is 4.14. The second-order valence-corrected chi connectivity index (χ2v) is 3.01. The predicted octanol–water partition coefficient (Wildman–Crippen LogP) is 1.98. The summed E-state index contributed by atoms with van der Waals surface area (Å²) in [7, 11) is 0. The van der Waals surface area contributed by atoms with Crippen molar-refractivity contribution in [3.05, 3.63) is 35.4 Å². The predicted molar refractivity (Wildman–Crippen MR) is 47.5 cm³/mol. The third-order valence-corrected chi connectivity index (χ3v) is 1.91. The molecule has 1 aromatic rings. The molecular formula is C10H6F3O3. The Balaban J connectivity index is 3.16. The van der Waals surface area contributed by atoms with Crippen LogP contribution in [-0.2, 0) is 15.8 Å². The first-order valence-electron chi connectivity index (χ1n) is 4.14. The van der Waals surface area contributed by atoms with E-state index in [4.69, 9.17) is 5.11 Å². The SMILES string of the molecule is O=[C]C(C(=O)O)c1cccc(C(F)(F)F)c1. The molecule has 1 atom stereocenters. The van der Waals surface area contributed by atoms with Crippen molar-refractivity contribution in [3.63, 3.8) is 0 Å². The molecule has 1 rings (SSSR count). The van der Waals surface area contributed by atoms with E-state index in [1.807, 2.05) is 0 Å². The van der Waals surface area contributed by atoms with Crippen LogP contribution in [0.5, 0.6) is 0 Å². The average molecular weight is 231 g/mol. The summed E-state index contributed by atoms with van der Waals surface area (Å²) in [6, 6.07) is 3.61. The van der Waals surface area contributed by atoms with E-state index >= 15 is 0 Å². The minimum absolute atomic E-state index is 0.239. The Kier molecular flexibility index (Phi) is 3.31. The molecule has 3 nitrogen and oxygen atoms in total. The van der Waals surface area contributed by atoms with Gasteiger partial charge in [-0.15, -0.1) is 0 Å². The van der Waals surface area contributed by atoms with Gasteiger partial charge in [-0.3, -0.25) is 9.59 Å². The van der Waals surface area contributed by atoms with Gasteiger partial charge in [0.05, 0.1) is 5.56 Å². The molecule has 0 bridgehead atoms. The van der Waals surface area contributed by atoms with E-state index < -0.39 is 23.6 Å². The van der Waals surface area contributed by atoms with Crippen molar-refractivity contribution in [2.75, 3.05) is 0 Å². The van der Waals surface area contributed by atoms with E-state index in [0.717, 1.165) is 18.2 Å². The molecule has 0 aromatic heterocycles. The van der Waals surface area contributed by atoms with Gasteiger partial charge in [0.15, 0.2) is 0 Å². The molecular weight excluding hydrogens is 225 g/mol. The lowest BCUT2D eigenvalue weighted by atomic mass is 9.99. The number of carboxylic acid groups (broad SMARTS) is 1. The number of benzene rings is 1. The fourth-order valence-corrected chi connectivity index (χ4v) is 1.16. The number of rotatable bonds is 3. The number of aliphatic carboxylic acids is 1. The molecule has 1 N–H and O–H groups in total. The molecule has 1 radical (unpaired) electrons. The molecule has 1 unspecified atom stereocenters. The Morgan fingerprint density at radius 2 is 2.00 bits per heavy atom. The highest BCUT2D eigenvalue weighted by Crippen LogP contribution is 2.30. The topological polar surface area (TPSA) is 54.4 Å². The number of carbonyl (C=O) groups excluding carboxylic acids is 1. The summed E-state index contributed by atoms with van der Waals surface area (Å²) in [6.07, 6.45) is -3.39. The van der Waals surface area contributed by atoms with Crippen LogP contribution in [0, 0.1) is 0 Å². The second kappa shape index (κ2) is 4.34. The Morgan fingerprint density at radius 1 is 1.38 bits per heavy atom. The number of halogens is 3. The van der Waals surface area contributed by atoms with Gasteiger partial charge in [0.1, 0.15) is 5.92 Å². The maximum absolute atomic E-state index is 12.3. The van der Waals surface area contributed by atoms with Gasteiger partial charge in [-0.25, -0.2) is 0 Å². The molecule has 0 saturated carbocycles. The van der Waals surface area contributed by atoms with Crippen molar-refractivity contribution in [2.24, 2.45) is 0 Å². The van der Waals surface area contributed by atoms with Gasteiger partial charge < -0.3 is 5.11 Å². The maximum Gasteiger partial charge on any atom is 0.416 e. The van der Waals surface area contributed by atoms with Gasteiger partial charge in [-0.1, -0.05) is 18.2 Å². The van der Waals surface area contributed by atoms with Crippen LogP contribution in [0.25, 0.3) is 0 Å². The molecule has 6 heteroatoms. The summed E-state index contributed by atoms with van der Waals surface area (Å²) in [5.74, 6) is -3.23. The van der Waals surface area contributed by atoms with E-state index in [1.165, 1.54) is 6.29 Å². The molecule has 16 heavy (non-hydrogen) atoms. The van der Waals surface area contributed by atoms with Crippen LogP contribution in [0.3, 0.4) is 0 Å². The van der Waals surface area contributed by atoms with Crippen LogP contribution < -0.4 is 0 Å². The summed E-state index contributed by atoms with van der Waals surface area (Å²) in [5.41, 5.74) is -1.23. The number of hydrogen-bond acceptors (Lipinski definition) is 2. The second-order valence-electron chi connectivity index (χ2n) is 3.01. The zero-order valence-corrected chi connectivity index (χ0v) is 7.78. The molecule has 0 fully saturated rings. The van der Waals surface area contributed by atoms with Crippen molar-refractivity contribution >= 4 is 12.3 Å². The molecule has 1 aromatic carbocycles. The normalized spacial score (nSPS) is 13.2. The van der Waals surface area contributed by atoms with Crippen molar-refractivity contribution in [1.29, 1.82) is 0 Å². The van der Waals surface area contributed by atoms with E-state index in [1.54, 1.807) is 0 Å². The largest absolute Gasteiger partial charge is 0.480 e. The van der Waals surface area contributed by atoms with E-state index in [0.29, 0.717) is 6.07 Å². The third kappa shape index (κ3) is 2.59. The Morgan fingerprint density at radius 3 is 2.44 bits per heavy atom. The van der Waals surface area contributed by atoms with Crippen molar-refractivity contribution < 1.29 is 27.9 Å². The Labute approximate surface area is 88.5 Å². The van der Waals surface area contributed by atoms with E-state index in [-0.39, 0.29) is 5.56 Å². The fraction of sp³-hybridized carbons (Fsp3) is 0.200. The number of alkyl halides is 3. The zero-order valence-electron chi connectivity index (χ0n) is 7.78. The molecule has 0 spiro atoms. The van der Waals surface area contributed by atoms with Crippen molar-refractivity contribution in [3.8, 4) is 0 Å². The maximum atomic E-state index is 12.3. The minimum Gasteiger partial charge on any atom is -0.480 e. The van der Waals surface area contributed by atoms with Crippen LogP contribution >= 0.6 is 0 Å². The average Bonchev–Trinajstić information content (AvgIpc) is 2.17. The summed E-state index contributed by atoms with van der Waals surface area (Å²) in [5, 5.41) is 8.58. The highest BCUT2D eigenvalue weighted by molar-refractivity contribution is 5.93. The number of carboxylic acids is 1. The van der Waals surface area contributed by atoms with Gasteiger partial charge in [-0.2, -0.15) is 13.2 Å². The van der Waals surface area contributed by atoms with Gasteiger partial charge in [0.25, 0.3) is 0 Å². The summed E-state index contributed by atoms with van der Waals surface area (Å²) in [4.78, 5) is 20.9. The Bertz CT molecular complexity index is 412. The van der Waals surface area contributed by atoms with Crippen LogP contribution in [-0.4, -0.2) is 17.4 Å². The molecule has 0 aliphatic rings. The van der Waals surface area contributed by atoms with Crippen LogP contribution in [0.15, 0.2) is 24.3 Å². The van der Waals surface area contributed by atoms with Crippen LogP contribution in [0.2, 0.25) is 0 Å². The summed E-state index contributed by atoms with van der Waals surface area (Å²) < 4.78 is 36.9. The van der Waals surface area contributed by atoms with E-state index in [9.17, 15) is 22.8 Å². The first kappa shape index (κ1) is 12.2. The lowest BCUT2D eigenvalue weighted by Gasteiger charge is -2.09. The molecule has 0 heterocycles. The molecule has 85 valence electrons. The summed E-state index contributed by atoms with van der Waals surface area (Å²) >= 11 is 0. The zero-order chi connectivity index (χ0) is 12.3. The quantitative estimate of drug-likeness (QED) is 0.809. The van der Waals surface area contributed by atoms with Gasteiger partial charge in [0.2, 0.25) is 6.29 Å². The molecule has 0 saturated heterocycles. The summed E-state index contributed by atoms with van der Waals surface area (Å²) in [6.45, 7) is 0. The molecule has 0 aliphatic heterocycles. The minimum atomic E-state index is -4.57. The number of carbonyl (C=O) groups is 1. The fourth-order valence-electron chi connectivity index (χ4n) is 1.16.